The standard InChI is InChI=1S/C29H51NO7S/c1-17(6-5-7-18(2)27(34)30-12-13-38(35,36)37)21-8-9-22-26-23(10-11-28(21,22)3)29(4)19(15-24(26)32)14-20(31)16-25(29)33/h17-26,31-33H,5-16H2,1-4H3,(H,30,34)(H,35,36,37)/t17-,18-,19+,20+,21?,22?,23?,24-,25-,26?,28-,29+/m1/s1. The third kappa shape index (κ3) is 5.69. The molecule has 220 valence electrons. The van der Waals surface area contributed by atoms with Gasteiger partial charge in [-0.3, -0.25) is 9.35 Å². The number of rotatable bonds is 9. The highest BCUT2D eigenvalue weighted by Gasteiger charge is 2.64. The number of carbonyl (C=O) groups excluding carboxylic acids is 1. The molecule has 0 heterocycles. The normalized spacial score (nSPS) is 44.4. The van der Waals surface area contributed by atoms with Gasteiger partial charge in [-0.05, 0) is 97.7 Å². The summed E-state index contributed by atoms with van der Waals surface area (Å²) in [4.78, 5) is 12.3. The van der Waals surface area contributed by atoms with Gasteiger partial charge in [0, 0.05) is 12.5 Å². The van der Waals surface area contributed by atoms with Gasteiger partial charge in [0.2, 0.25) is 5.91 Å². The van der Waals surface area contributed by atoms with E-state index in [2.05, 4.69) is 26.1 Å². The van der Waals surface area contributed by atoms with Crippen molar-refractivity contribution in [2.45, 2.75) is 110 Å². The van der Waals surface area contributed by atoms with Crippen LogP contribution in [0.1, 0.15) is 91.9 Å². The van der Waals surface area contributed by atoms with E-state index in [0.717, 1.165) is 44.9 Å². The fourth-order valence-corrected chi connectivity index (χ4v) is 10.2. The van der Waals surface area contributed by atoms with Gasteiger partial charge in [0.25, 0.3) is 10.1 Å². The zero-order valence-electron chi connectivity index (χ0n) is 23.7. The van der Waals surface area contributed by atoms with E-state index < -0.39 is 28.1 Å². The highest BCUT2D eigenvalue weighted by Crippen LogP contribution is 2.68. The van der Waals surface area contributed by atoms with Crippen LogP contribution in [-0.2, 0) is 14.9 Å². The predicted octanol–water partition coefficient (Wildman–Crippen LogP) is 3.39. The Kier molecular flexibility index (Phi) is 8.96. The smallest absolute Gasteiger partial charge is 0.266 e. The third-order valence-corrected chi connectivity index (χ3v) is 12.6. The van der Waals surface area contributed by atoms with Crippen molar-refractivity contribution < 1.29 is 33.1 Å². The van der Waals surface area contributed by atoms with Crippen LogP contribution in [0.5, 0.6) is 0 Å². The van der Waals surface area contributed by atoms with E-state index in [-0.39, 0.29) is 47.1 Å². The number of aliphatic hydroxyl groups is 3. The van der Waals surface area contributed by atoms with E-state index in [0.29, 0.717) is 42.9 Å². The third-order valence-electron chi connectivity index (χ3n) is 11.9. The second kappa shape index (κ2) is 11.3. The zero-order valence-corrected chi connectivity index (χ0v) is 24.5. The number of hydrogen-bond donors (Lipinski definition) is 5. The summed E-state index contributed by atoms with van der Waals surface area (Å²) in [6.07, 6.45) is 7.59. The largest absolute Gasteiger partial charge is 0.393 e. The van der Waals surface area contributed by atoms with E-state index in [1.165, 1.54) is 0 Å². The summed E-state index contributed by atoms with van der Waals surface area (Å²) in [5.74, 6) is 1.36. The first-order valence-electron chi connectivity index (χ1n) is 15.0. The summed E-state index contributed by atoms with van der Waals surface area (Å²) < 4.78 is 30.5. The van der Waals surface area contributed by atoms with Gasteiger partial charge in [0.05, 0.1) is 24.1 Å². The number of nitrogens with one attached hydrogen (secondary N) is 1. The number of amides is 1. The molecule has 0 bridgehead atoms. The minimum absolute atomic E-state index is 0.0777. The zero-order chi connectivity index (χ0) is 28.0. The van der Waals surface area contributed by atoms with Gasteiger partial charge in [0.15, 0.2) is 0 Å². The van der Waals surface area contributed by atoms with Gasteiger partial charge >= 0.3 is 0 Å². The van der Waals surface area contributed by atoms with E-state index in [1.807, 2.05) is 6.92 Å². The molecule has 0 aromatic rings. The van der Waals surface area contributed by atoms with E-state index in [1.54, 1.807) is 0 Å². The Labute approximate surface area is 229 Å². The summed E-state index contributed by atoms with van der Waals surface area (Å²) in [5.41, 5.74) is -0.0606. The molecule has 0 aromatic carbocycles. The van der Waals surface area contributed by atoms with Crippen LogP contribution < -0.4 is 5.32 Å². The summed E-state index contributed by atoms with van der Waals surface area (Å²) in [7, 11) is -4.08. The molecule has 0 saturated heterocycles. The van der Waals surface area contributed by atoms with Crippen LogP contribution in [0.2, 0.25) is 0 Å². The van der Waals surface area contributed by atoms with Crippen LogP contribution in [0.3, 0.4) is 0 Å². The van der Waals surface area contributed by atoms with Crippen molar-refractivity contribution in [2.75, 3.05) is 12.3 Å². The second-order valence-corrected chi connectivity index (χ2v) is 15.5. The van der Waals surface area contributed by atoms with Crippen molar-refractivity contribution in [3.8, 4) is 0 Å². The van der Waals surface area contributed by atoms with Crippen molar-refractivity contribution in [1.29, 1.82) is 0 Å². The maximum atomic E-state index is 12.3. The quantitative estimate of drug-likeness (QED) is 0.273. The lowest BCUT2D eigenvalue weighted by atomic mass is 9.43. The van der Waals surface area contributed by atoms with E-state index >= 15 is 0 Å². The van der Waals surface area contributed by atoms with Crippen LogP contribution in [-0.4, -0.2) is 64.8 Å². The van der Waals surface area contributed by atoms with Gasteiger partial charge in [-0.2, -0.15) is 8.42 Å². The van der Waals surface area contributed by atoms with Crippen LogP contribution in [0.4, 0.5) is 0 Å². The molecule has 38 heavy (non-hydrogen) atoms. The molecule has 1 amide bonds. The second-order valence-electron chi connectivity index (χ2n) is 13.9. The lowest BCUT2D eigenvalue weighted by molar-refractivity contribution is -0.212. The number of carbonyl (C=O) groups is 1. The molecule has 0 aliphatic heterocycles. The van der Waals surface area contributed by atoms with Crippen LogP contribution in [0.25, 0.3) is 0 Å². The molecule has 4 aliphatic carbocycles. The molecule has 0 spiro atoms. The van der Waals surface area contributed by atoms with Gasteiger partial charge in [-0.15, -0.1) is 0 Å². The van der Waals surface area contributed by atoms with Crippen LogP contribution in [0.15, 0.2) is 0 Å². The maximum Gasteiger partial charge on any atom is 0.266 e. The van der Waals surface area contributed by atoms with Crippen molar-refractivity contribution in [3.63, 3.8) is 0 Å². The average molecular weight is 558 g/mol. The number of fused-ring (bicyclic) bond motifs is 5. The highest BCUT2D eigenvalue weighted by molar-refractivity contribution is 7.85. The molecule has 0 aromatic heterocycles. The Hall–Kier alpha value is -0.740. The molecule has 12 atom stereocenters. The molecule has 4 fully saturated rings. The minimum atomic E-state index is -4.08. The average Bonchev–Trinajstić information content (AvgIpc) is 3.17. The monoisotopic (exact) mass is 557 g/mol. The van der Waals surface area contributed by atoms with E-state index in [4.69, 9.17) is 4.55 Å². The Morgan fingerprint density at radius 3 is 2.39 bits per heavy atom. The van der Waals surface area contributed by atoms with Crippen molar-refractivity contribution >= 4 is 16.0 Å². The number of hydrogen-bond acceptors (Lipinski definition) is 6. The topological polar surface area (TPSA) is 144 Å². The fraction of sp³-hybridized carbons (Fsp3) is 0.966. The van der Waals surface area contributed by atoms with Crippen LogP contribution in [0, 0.1) is 52.3 Å². The molecule has 4 unspecified atom stereocenters. The SMILES string of the molecule is C[C@H](CCC[C@@H](C)C1CCC2C3C(CC[C@@]21C)[C@]1(C)[C@@H](C[C@H](O)C[C@H]1O)C[C@H]3O)C(=O)NCCS(=O)(=O)O. The van der Waals surface area contributed by atoms with E-state index in [9.17, 15) is 28.5 Å². The Morgan fingerprint density at radius 1 is 1.00 bits per heavy atom. The number of aliphatic hydroxyl groups excluding tert-OH is 3. The van der Waals surface area contributed by atoms with Gasteiger partial charge < -0.3 is 20.6 Å². The summed E-state index contributed by atoms with van der Waals surface area (Å²) in [6.45, 7) is 8.79. The molecule has 8 nitrogen and oxygen atoms in total. The molecular formula is C29H51NO7S. The van der Waals surface area contributed by atoms with Gasteiger partial charge in [0.1, 0.15) is 0 Å². The molecule has 5 N–H and O–H groups in total. The van der Waals surface area contributed by atoms with Gasteiger partial charge in [-0.25, -0.2) is 0 Å². The first-order chi connectivity index (χ1) is 17.7. The lowest BCUT2D eigenvalue weighted by Crippen LogP contribution is -2.62. The van der Waals surface area contributed by atoms with Crippen molar-refractivity contribution in [2.24, 2.45) is 52.3 Å². The molecule has 0 radical (unpaired) electrons. The van der Waals surface area contributed by atoms with Crippen LogP contribution >= 0.6 is 0 Å². The Balaban J connectivity index is 1.34. The summed E-state index contributed by atoms with van der Waals surface area (Å²) in [5, 5.41) is 35.5. The summed E-state index contributed by atoms with van der Waals surface area (Å²) >= 11 is 0. The highest BCUT2D eigenvalue weighted by atomic mass is 32.2. The fourth-order valence-electron chi connectivity index (χ4n) is 9.80. The predicted molar refractivity (Wildman–Crippen MR) is 146 cm³/mol. The molecule has 9 heteroatoms. The van der Waals surface area contributed by atoms with Crippen molar-refractivity contribution in [3.05, 3.63) is 0 Å². The first kappa shape index (κ1) is 30.2. The molecular weight excluding hydrogens is 506 g/mol. The molecule has 4 saturated carbocycles. The minimum Gasteiger partial charge on any atom is -0.393 e. The Morgan fingerprint density at radius 2 is 1.71 bits per heavy atom. The lowest BCUT2D eigenvalue weighted by Gasteiger charge is -2.63. The maximum absolute atomic E-state index is 12.3. The molecule has 4 rings (SSSR count). The van der Waals surface area contributed by atoms with Gasteiger partial charge in [-0.1, -0.05) is 40.5 Å². The summed E-state index contributed by atoms with van der Waals surface area (Å²) in [6, 6.07) is 0. The Bertz CT molecular complexity index is 959. The molecule has 4 aliphatic rings. The first-order valence-corrected chi connectivity index (χ1v) is 16.6. The van der Waals surface area contributed by atoms with Crippen molar-refractivity contribution in [1.82, 2.24) is 5.32 Å².